The van der Waals surface area contributed by atoms with Crippen LogP contribution in [-0.2, 0) is 16.1 Å². The number of amides is 2. The molecule has 1 N–H and O–H groups in total. The third-order valence-corrected chi connectivity index (χ3v) is 7.38. The second-order valence-corrected chi connectivity index (χ2v) is 9.74. The molecular weight excluding hydrogens is 464 g/mol. The molecule has 1 aliphatic rings. The lowest BCUT2D eigenvalue weighted by atomic mass is 9.97. The van der Waals surface area contributed by atoms with E-state index in [0.717, 1.165) is 30.3 Å². The first kappa shape index (κ1) is 24.9. The molecule has 0 saturated carbocycles. The molecule has 0 spiro atoms. The Balaban J connectivity index is 1.51. The number of carbonyl (C=O) groups excluding carboxylic acids is 2. The van der Waals surface area contributed by atoms with E-state index in [-0.39, 0.29) is 36.2 Å². The molecule has 0 unspecified atom stereocenters. The van der Waals surface area contributed by atoms with E-state index >= 15 is 0 Å². The summed E-state index contributed by atoms with van der Waals surface area (Å²) in [5.41, 5.74) is 2.22. The van der Waals surface area contributed by atoms with E-state index in [4.69, 9.17) is 14.5 Å². The Morgan fingerprint density at radius 3 is 2.54 bits per heavy atom. The van der Waals surface area contributed by atoms with Crippen molar-refractivity contribution in [1.82, 2.24) is 14.5 Å². The number of fused-ring (bicyclic) bond motifs is 1. The van der Waals surface area contributed by atoms with E-state index in [9.17, 15) is 9.59 Å². The second kappa shape index (κ2) is 11.0. The Hall–Kier alpha value is -3.20. The molecular formula is C26H32N4O4S. The Bertz CT molecular complexity index is 1200. The number of anilines is 1. The molecule has 1 aromatic heterocycles. The van der Waals surface area contributed by atoms with Gasteiger partial charge in [0.1, 0.15) is 18.0 Å². The molecule has 4 rings (SSSR count). The summed E-state index contributed by atoms with van der Waals surface area (Å²) >= 11 is 1.31. The molecule has 2 amide bonds. The van der Waals surface area contributed by atoms with Crippen molar-refractivity contribution < 1.29 is 19.1 Å². The van der Waals surface area contributed by atoms with Crippen molar-refractivity contribution in [3.63, 3.8) is 0 Å². The smallest absolute Gasteiger partial charge is 0.243 e. The minimum atomic E-state index is -0.204. The van der Waals surface area contributed by atoms with Crippen molar-refractivity contribution in [2.75, 3.05) is 25.3 Å². The molecule has 35 heavy (non-hydrogen) atoms. The standard InChI is InChI=1S/C26H32N4O4S/c1-17-8-7-9-18(2)30(17)25(32)15-29-22-11-6-5-10-20(22)28-26(29)35-16-24(31)27-21-14-19(33-3)12-13-23(21)34-4/h5-6,10-14,17-18H,7-9,15-16H2,1-4H3,(H,27,31)/t17-,18+. The number of nitrogens with zero attached hydrogens (tertiary/aromatic N) is 3. The molecule has 0 bridgehead atoms. The number of thioether (sulfide) groups is 1. The first-order valence-corrected chi connectivity index (χ1v) is 12.8. The van der Waals surface area contributed by atoms with E-state index in [1.165, 1.54) is 11.8 Å². The van der Waals surface area contributed by atoms with Gasteiger partial charge < -0.3 is 24.3 Å². The largest absolute Gasteiger partial charge is 0.497 e. The average molecular weight is 497 g/mol. The van der Waals surface area contributed by atoms with E-state index in [0.29, 0.717) is 22.3 Å². The number of aromatic nitrogens is 2. The molecule has 1 aliphatic heterocycles. The summed E-state index contributed by atoms with van der Waals surface area (Å²) in [6.07, 6.45) is 3.20. The lowest BCUT2D eigenvalue weighted by Crippen LogP contribution is -2.48. The highest BCUT2D eigenvalue weighted by atomic mass is 32.2. The minimum absolute atomic E-state index is 0.0836. The fourth-order valence-electron chi connectivity index (χ4n) is 4.67. The normalized spacial score (nSPS) is 17.9. The summed E-state index contributed by atoms with van der Waals surface area (Å²) in [6.45, 7) is 4.43. The molecule has 0 aliphatic carbocycles. The highest BCUT2D eigenvalue weighted by molar-refractivity contribution is 7.99. The van der Waals surface area contributed by atoms with Crippen molar-refractivity contribution >= 4 is 40.3 Å². The zero-order valence-electron chi connectivity index (χ0n) is 20.6. The van der Waals surface area contributed by atoms with Gasteiger partial charge in [0.25, 0.3) is 0 Å². The Morgan fingerprint density at radius 2 is 1.83 bits per heavy atom. The number of hydrogen-bond acceptors (Lipinski definition) is 6. The van der Waals surface area contributed by atoms with Crippen molar-refractivity contribution in [1.29, 1.82) is 0 Å². The van der Waals surface area contributed by atoms with Crippen LogP contribution in [0.5, 0.6) is 11.5 Å². The van der Waals surface area contributed by atoms with Crippen LogP contribution in [0.3, 0.4) is 0 Å². The summed E-state index contributed by atoms with van der Waals surface area (Å²) in [7, 11) is 3.12. The third-order valence-electron chi connectivity index (χ3n) is 6.41. The molecule has 1 saturated heterocycles. The molecule has 2 heterocycles. The van der Waals surface area contributed by atoms with E-state index in [2.05, 4.69) is 19.2 Å². The maximum absolute atomic E-state index is 13.4. The summed E-state index contributed by atoms with van der Waals surface area (Å²) in [5.74, 6) is 1.18. The number of para-hydroxylation sites is 2. The zero-order chi connectivity index (χ0) is 24.9. The van der Waals surface area contributed by atoms with Crippen LogP contribution in [0, 0.1) is 0 Å². The molecule has 3 aromatic rings. The SMILES string of the molecule is COc1ccc(OC)c(NC(=O)CSc2nc3ccccc3n2CC(=O)N2[C@H](C)CCC[C@@H]2C)c1. The van der Waals surface area contributed by atoms with Crippen molar-refractivity contribution in [2.45, 2.75) is 56.9 Å². The van der Waals surface area contributed by atoms with Crippen molar-refractivity contribution in [3.8, 4) is 11.5 Å². The number of methoxy groups -OCH3 is 2. The predicted molar refractivity (Wildman–Crippen MR) is 138 cm³/mol. The Kier molecular flexibility index (Phi) is 7.85. The van der Waals surface area contributed by atoms with Crippen LogP contribution in [0.4, 0.5) is 5.69 Å². The highest BCUT2D eigenvalue weighted by Crippen LogP contribution is 2.30. The summed E-state index contributed by atoms with van der Waals surface area (Å²) in [5, 5.41) is 3.53. The van der Waals surface area contributed by atoms with Gasteiger partial charge in [0.2, 0.25) is 11.8 Å². The minimum Gasteiger partial charge on any atom is -0.497 e. The first-order chi connectivity index (χ1) is 16.9. The molecule has 186 valence electrons. The van der Waals surface area contributed by atoms with Gasteiger partial charge in [-0.15, -0.1) is 0 Å². The number of nitrogens with one attached hydrogen (secondary N) is 1. The lowest BCUT2D eigenvalue weighted by molar-refractivity contribution is -0.138. The molecule has 0 radical (unpaired) electrons. The van der Waals surface area contributed by atoms with Gasteiger partial charge in [-0.25, -0.2) is 4.98 Å². The average Bonchev–Trinajstić information content (AvgIpc) is 3.19. The number of rotatable bonds is 8. The third kappa shape index (κ3) is 5.56. The van der Waals surface area contributed by atoms with Crippen LogP contribution in [-0.4, -0.2) is 58.3 Å². The summed E-state index contributed by atoms with van der Waals surface area (Å²) < 4.78 is 12.5. The fraction of sp³-hybridized carbons (Fsp3) is 0.423. The van der Waals surface area contributed by atoms with Crippen LogP contribution in [0.1, 0.15) is 33.1 Å². The molecule has 1 fully saturated rings. The Labute approximate surface area is 210 Å². The van der Waals surface area contributed by atoms with Gasteiger partial charge in [0.05, 0.1) is 36.7 Å². The maximum atomic E-state index is 13.4. The van der Waals surface area contributed by atoms with Gasteiger partial charge in [-0.05, 0) is 57.4 Å². The first-order valence-electron chi connectivity index (χ1n) is 11.8. The van der Waals surface area contributed by atoms with E-state index < -0.39 is 0 Å². The number of carbonyl (C=O) groups is 2. The Morgan fingerprint density at radius 1 is 1.09 bits per heavy atom. The topological polar surface area (TPSA) is 85.7 Å². The van der Waals surface area contributed by atoms with Crippen molar-refractivity contribution in [2.24, 2.45) is 0 Å². The molecule has 9 heteroatoms. The summed E-state index contributed by atoms with van der Waals surface area (Å²) in [4.78, 5) is 32.9. The quantitative estimate of drug-likeness (QED) is 0.460. The van der Waals surface area contributed by atoms with Gasteiger partial charge in [-0.2, -0.15) is 0 Å². The number of benzene rings is 2. The number of ether oxygens (including phenoxy) is 2. The van der Waals surface area contributed by atoms with Crippen LogP contribution >= 0.6 is 11.8 Å². The van der Waals surface area contributed by atoms with Crippen LogP contribution in [0.25, 0.3) is 11.0 Å². The van der Waals surface area contributed by atoms with E-state index in [1.807, 2.05) is 33.7 Å². The molecule has 2 aromatic carbocycles. The van der Waals surface area contributed by atoms with Gasteiger partial charge in [-0.1, -0.05) is 23.9 Å². The lowest BCUT2D eigenvalue weighted by Gasteiger charge is -2.39. The number of imidazole rings is 1. The zero-order valence-corrected chi connectivity index (χ0v) is 21.4. The van der Waals surface area contributed by atoms with Gasteiger partial charge >= 0.3 is 0 Å². The highest BCUT2D eigenvalue weighted by Gasteiger charge is 2.29. The van der Waals surface area contributed by atoms with Crippen LogP contribution in [0.15, 0.2) is 47.6 Å². The fourth-order valence-corrected chi connectivity index (χ4v) is 5.49. The van der Waals surface area contributed by atoms with Gasteiger partial charge in [0.15, 0.2) is 5.16 Å². The monoisotopic (exact) mass is 496 g/mol. The second-order valence-electron chi connectivity index (χ2n) is 8.80. The summed E-state index contributed by atoms with van der Waals surface area (Å²) in [6, 6.07) is 13.4. The number of piperidine rings is 1. The molecule has 2 atom stereocenters. The predicted octanol–water partition coefficient (Wildman–Crippen LogP) is 4.57. The number of hydrogen-bond donors (Lipinski definition) is 1. The van der Waals surface area contributed by atoms with Crippen molar-refractivity contribution in [3.05, 3.63) is 42.5 Å². The molecule has 8 nitrogen and oxygen atoms in total. The number of likely N-dealkylation sites (tertiary alicyclic amines) is 1. The maximum Gasteiger partial charge on any atom is 0.243 e. The van der Waals surface area contributed by atoms with E-state index in [1.54, 1.807) is 32.4 Å². The van der Waals surface area contributed by atoms with Gasteiger partial charge in [-0.3, -0.25) is 9.59 Å². The van der Waals surface area contributed by atoms with Crippen LogP contribution in [0.2, 0.25) is 0 Å². The van der Waals surface area contributed by atoms with Crippen LogP contribution < -0.4 is 14.8 Å². The van der Waals surface area contributed by atoms with Gasteiger partial charge in [0, 0.05) is 18.2 Å².